The van der Waals surface area contributed by atoms with Gasteiger partial charge in [0.1, 0.15) is 0 Å². The van der Waals surface area contributed by atoms with Crippen molar-refractivity contribution in [3.8, 4) is 0 Å². The molecule has 8 atom stereocenters. The number of aliphatic hydroxyl groups is 2. The lowest BCUT2D eigenvalue weighted by atomic mass is 9.86. The molecule has 4 aliphatic heterocycles. The second-order valence-electron chi connectivity index (χ2n) is 18.6. The maximum Gasteiger partial charge on any atom is 0.258 e. The Morgan fingerprint density at radius 1 is 0.576 bits per heavy atom. The molecular formula is C52H58N6O8. The van der Waals surface area contributed by atoms with E-state index >= 15 is 0 Å². The van der Waals surface area contributed by atoms with Gasteiger partial charge in [0, 0.05) is 84.9 Å². The van der Waals surface area contributed by atoms with Crippen molar-refractivity contribution in [2.24, 2.45) is 35.5 Å². The number of rotatable bonds is 12. The molecule has 14 heteroatoms. The van der Waals surface area contributed by atoms with Gasteiger partial charge in [-0.2, -0.15) is 0 Å². The van der Waals surface area contributed by atoms with Crippen LogP contribution in [0, 0.1) is 35.5 Å². The van der Waals surface area contributed by atoms with Crippen molar-refractivity contribution >= 4 is 47.2 Å². The molecule has 4 amide bonds. The number of para-hydroxylation sites is 2. The largest absolute Gasteiger partial charge is 0.396 e. The van der Waals surface area contributed by atoms with Crippen LogP contribution in [0.3, 0.4) is 0 Å². The minimum absolute atomic E-state index is 0.0113. The SMILES string of the molecule is C/C=C/c1ccc2n(c1=O)C[C@H]1[C@H](CO)[C@@H](C(=O)Nc3ccccc3)[C@@H]2N1C(=O)CC1CC1.C/C=C\c1ccc2n(c1=O)C[C@H]1[C@H](CO)[C@@H](C(=O)Nc3ccccc3)[C@@H]2N1C(=O)CC1CC1. The Labute approximate surface area is 383 Å². The van der Waals surface area contributed by atoms with Crippen LogP contribution in [-0.2, 0) is 32.3 Å². The highest BCUT2D eigenvalue weighted by molar-refractivity contribution is 5.95. The van der Waals surface area contributed by atoms with Crippen molar-refractivity contribution in [3.63, 3.8) is 0 Å². The fourth-order valence-corrected chi connectivity index (χ4v) is 11.0. The van der Waals surface area contributed by atoms with Gasteiger partial charge in [0.15, 0.2) is 0 Å². The first-order chi connectivity index (χ1) is 32.1. The smallest absolute Gasteiger partial charge is 0.258 e. The molecule has 4 N–H and O–H groups in total. The number of carbonyl (C=O) groups is 4. The van der Waals surface area contributed by atoms with Gasteiger partial charge in [-0.05, 0) is 99.9 Å². The molecule has 6 heterocycles. The number of fused-ring (bicyclic) bond motifs is 8. The van der Waals surface area contributed by atoms with E-state index < -0.39 is 47.8 Å². The van der Waals surface area contributed by atoms with Gasteiger partial charge in [0.2, 0.25) is 23.6 Å². The van der Waals surface area contributed by atoms with Crippen LogP contribution in [0.5, 0.6) is 0 Å². The lowest BCUT2D eigenvalue weighted by molar-refractivity contribution is -0.138. The standard InChI is InChI=1S/2C26H29N3O4/c2*1-2-6-17-11-12-20-24-23(25(32)27-18-7-4-3-5-8-18)19(15-30)21(14-28(20)26(17)33)29(24)22(31)13-16-9-10-16/h2*2-8,11-12,16,19,21,23-24,30H,9-10,13-15H2,1H3,(H,27,32)/b6-2+;6-2-/t2*19-,21-,23+,24+/m00/s1. The van der Waals surface area contributed by atoms with E-state index in [-0.39, 0.29) is 61.1 Å². The molecule has 2 saturated heterocycles. The van der Waals surface area contributed by atoms with Gasteiger partial charge in [-0.15, -0.1) is 0 Å². The van der Waals surface area contributed by atoms with Gasteiger partial charge in [-0.3, -0.25) is 28.8 Å². The van der Waals surface area contributed by atoms with E-state index in [1.807, 2.05) is 98.8 Å². The average Bonchev–Trinajstić information content (AvgIpc) is 4.27. The molecule has 6 aliphatic rings. The molecule has 0 spiro atoms. The number of aliphatic hydroxyl groups excluding tert-OH is 2. The van der Waals surface area contributed by atoms with Crippen molar-refractivity contribution in [2.45, 2.75) is 89.6 Å². The third-order valence-electron chi connectivity index (χ3n) is 14.4. The molecular weight excluding hydrogens is 837 g/mol. The topological polar surface area (TPSA) is 183 Å². The van der Waals surface area contributed by atoms with Crippen molar-refractivity contribution in [3.05, 3.63) is 140 Å². The Morgan fingerprint density at radius 2 is 0.955 bits per heavy atom. The van der Waals surface area contributed by atoms with E-state index in [0.717, 1.165) is 25.7 Å². The van der Waals surface area contributed by atoms with Gasteiger partial charge in [-0.1, -0.05) is 60.7 Å². The number of allylic oxidation sites excluding steroid dienone is 2. The zero-order valence-electron chi connectivity index (χ0n) is 37.4. The minimum atomic E-state index is -0.649. The Morgan fingerprint density at radius 3 is 1.29 bits per heavy atom. The Hall–Kier alpha value is -6.38. The second kappa shape index (κ2) is 18.8. The monoisotopic (exact) mass is 894 g/mol. The third-order valence-corrected chi connectivity index (χ3v) is 14.4. The number of hydrogen-bond acceptors (Lipinski definition) is 8. The number of pyridine rings is 2. The number of aromatic nitrogens is 2. The molecule has 10 rings (SSSR count). The zero-order chi connectivity index (χ0) is 46.2. The van der Waals surface area contributed by atoms with Crippen LogP contribution in [0.1, 0.15) is 87.0 Å². The molecule has 4 aromatic rings. The van der Waals surface area contributed by atoms with Crippen LogP contribution < -0.4 is 21.8 Å². The Kier molecular flexibility index (Phi) is 12.8. The first-order valence-corrected chi connectivity index (χ1v) is 23.3. The number of amides is 4. The van der Waals surface area contributed by atoms with E-state index in [1.54, 1.807) is 43.2 Å². The molecule has 2 aromatic heterocycles. The summed E-state index contributed by atoms with van der Waals surface area (Å²) in [4.78, 5) is 83.8. The molecule has 4 bridgehead atoms. The normalized spacial score (nSPS) is 25.8. The molecule has 2 aromatic carbocycles. The first-order valence-electron chi connectivity index (χ1n) is 23.3. The number of hydrogen-bond donors (Lipinski definition) is 4. The van der Waals surface area contributed by atoms with Crippen molar-refractivity contribution in [2.75, 3.05) is 23.8 Å². The number of carbonyl (C=O) groups excluding carboxylic acids is 4. The molecule has 14 nitrogen and oxygen atoms in total. The maximum atomic E-state index is 13.5. The van der Waals surface area contributed by atoms with Gasteiger partial charge >= 0.3 is 0 Å². The lowest BCUT2D eigenvalue weighted by Crippen LogP contribution is -2.49. The van der Waals surface area contributed by atoms with Crippen LogP contribution in [-0.4, -0.2) is 78.1 Å². The predicted octanol–water partition coefficient (Wildman–Crippen LogP) is 5.62. The highest BCUT2D eigenvalue weighted by atomic mass is 16.3. The number of nitrogens with one attached hydrogen (secondary N) is 2. The molecule has 4 fully saturated rings. The van der Waals surface area contributed by atoms with Crippen molar-refractivity contribution in [1.82, 2.24) is 18.9 Å². The van der Waals surface area contributed by atoms with Crippen molar-refractivity contribution in [1.29, 1.82) is 0 Å². The summed E-state index contributed by atoms with van der Waals surface area (Å²) < 4.78 is 3.40. The number of nitrogens with zero attached hydrogens (tertiary/aromatic N) is 4. The van der Waals surface area contributed by atoms with E-state index in [9.17, 15) is 39.0 Å². The van der Waals surface area contributed by atoms with Gasteiger partial charge < -0.3 is 39.8 Å². The number of anilines is 2. The molecule has 2 aliphatic carbocycles. The average molecular weight is 895 g/mol. The predicted molar refractivity (Wildman–Crippen MR) is 251 cm³/mol. The summed E-state index contributed by atoms with van der Waals surface area (Å²) in [6.45, 7) is 3.82. The van der Waals surface area contributed by atoms with Crippen LogP contribution in [0.25, 0.3) is 12.2 Å². The summed E-state index contributed by atoms with van der Waals surface area (Å²) in [5, 5.41) is 26.7. The van der Waals surface area contributed by atoms with E-state index in [1.165, 1.54) is 0 Å². The first kappa shape index (κ1) is 44.8. The highest BCUT2D eigenvalue weighted by Crippen LogP contribution is 2.51. The molecule has 66 heavy (non-hydrogen) atoms. The summed E-state index contributed by atoms with van der Waals surface area (Å²) in [7, 11) is 0. The fraction of sp³-hybridized carbons (Fsp3) is 0.423. The Balaban J connectivity index is 0.000000166. The van der Waals surface area contributed by atoms with Crippen LogP contribution >= 0.6 is 0 Å². The molecule has 0 unspecified atom stereocenters. The van der Waals surface area contributed by atoms with Crippen LogP contribution in [0.15, 0.2) is 107 Å². The summed E-state index contributed by atoms with van der Waals surface area (Å²) in [5.74, 6) is -1.85. The second-order valence-corrected chi connectivity index (χ2v) is 18.6. The van der Waals surface area contributed by atoms with Gasteiger partial charge in [0.25, 0.3) is 11.1 Å². The quantitative estimate of drug-likeness (QED) is 0.141. The minimum Gasteiger partial charge on any atom is -0.396 e. The summed E-state index contributed by atoms with van der Waals surface area (Å²) >= 11 is 0. The Bertz CT molecular complexity index is 2490. The van der Waals surface area contributed by atoms with Crippen molar-refractivity contribution < 1.29 is 29.4 Å². The highest BCUT2D eigenvalue weighted by Gasteiger charge is 2.59. The van der Waals surface area contributed by atoms with Crippen LogP contribution in [0.2, 0.25) is 0 Å². The van der Waals surface area contributed by atoms with E-state index in [4.69, 9.17) is 0 Å². The maximum absolute atomic E-state index is 13.5. The number of benzene rings is 2. The lowest BCUT2D eigenvalue weighted by Gasteiger charge is -2.38. The van der Waals surface area contributed by atoms with E-state index in [0.29, 0.717) is 58.6 Å². The summed E-state index contributed by atoms with van der Waals surface area (Å²) in [6.07, 6.45) is 12.3. The molecule has 2 saturated carbocycles. The van der Waals surface area contributed by atoms with Gasteiger partial charge in [0.05, 0.1) is 36.0 Å². The molecule has 344 valence electrons. The van der Waals surface area contributed by atoms with Gasteiger partial charge in [-0.25, -0.2) is 0 Å². The third kappa shape index (κ3) is 8.48. The fourth-order valence-electron chi connectivity index (χ4n) is 11.0. The summed E-state index contributed by atoms with van der Waals surface area (Å²) in [6, 6.07) is 23.6. The molecule has 0 radical (unpaired) electrons. The van der Waals surface area contributed by atoms with E-state index in [2.05, 4.69) is 10.6 Å². The zero-order valence-corrected chi connectivity index (χ0v) is 37.4. The van der Waals surface area contributed by atoms with Crippen LogP contribution in [0.4, 0.5) is 11.4 Å². The summed E-state index contributed by atoms with van der Waals surface area (Å²) in [5.41, 5.74) is 3.55.